The van der Waals surface area contributed by atoms with Crippen LogP contribution in [0.3, 0.4) is 0 Å². The molecule has 0 fully saturated rings. The molecule has 4 nitrogen and oxygen atoms in total. The minimum absolute atomic E-state index is 0.192. The second-order valence-electron chi connectivity index (χ2n) is 5.91. The third-order valence-corrected chi connectivity index (χ3v) is 4.07. The van der Waals surface area contributed by atoms with Gasteiger partial charge in [0.2, 0.25) is 0 Å². The van der Waals surface area contributed by atoms with E-state index in [1.54, 1.807) is 13.1 Å². The summed E-state index contributed by atoms with van der Waals surface area (Å²) < 4.78 is 21.4. The van der Waals surface area contributed by atoms with E-state index >= 15 is 0 Å². The highest BCUT2D eigenvalue weighted by atomic mass is 19.1. The molecule has 1 aromatic heterocycles. The molecular weight excluding hydrogens is 271 g/mol. The maximum atomic E-state index is 14.3. The van der Waals surface area contributed by atoms with Crippen LogP contribution in [-0.4, -0.2) is 22.5 Å². The zero-order chi connectivity index (χ0) is 15.1. The maximum Gasteiger partial charge on any atom is 0.274 e. The van der Waals surface area contributed by atoms with E-state index in [4.69, 9.17) is 4.74 Å². The molecule has 1 N–H and O–H groups in total. The zero-order valence-corrected chi connectivity index (χ0v) is 12.4. The van der Waals surface area contributed by atoms with Crippen LogP contribution in [-0.2, 0) is 11.8 Å². The Labute approximate surface area is 122 Å². The van der Waals surface area contributed by atoms with E-state index in [-0.39, 0.29) is 17.5 Å². The van der Waals surface area contributed by atoms with Gasteiger partial charge in [-0.05, 0) is 30.0 Å². The van der Waals surface area contributed by atoms with Crippen molar-refractivity contribution in [3.63, 3.8) is 0 Å². The van der Waals surface area contributed by atoms with Gasteiger partial charge in [-0.2, -0.15) is 0 Å². The normalized spacial score (nSPS) is 19.3. The quantitative estimate of drug-likeness (QED) is 0.924. The molecule has 3 rings (SSSR count). The topological polar surface area (TPSA) is 47.0 Å². The summed E-state index contributed by atoms with van der Waals surface area (Å²) in [4.78, 5) is 11.8. The monoisotopic (exact) mass is 290 g/mol. The molecule has 1 unspecified atom stereocenters. The second kappa shape index (κ2) is 5.15. The Bertz CT molecular complexity index is 770. The molecular formula is C16H19FN2O2. The molecule has 1 atom stereocenters. The average Bonchev–Trinajstić information content (AvgIpc) is 2.73. The number of ether oxygens (including phenoxy) is 1. The molecule has 0 spiro atoms. The first kappa shape index (κ1) is 14.1. The SMILES string of the molecule is CC(C)C1CC=C(c2cc3[nH]n(C)c(=O)c3cc2F)CO1. The van der Waals surface area contributed by atoms with E-state index < -0.39 is 0 Å². The Hall–Kier alpha value is -1.88. The lowest BCUT2D eigenvalue weighted by atomic mass is 9.96. The third-order valence-electron chi connectivity index (χ3n) is 4.07. The predicted octanol–water partition coefficient (Wildman–Crippen LogP) is 2.83. The van der Waals surface area contributed by atoms with Crippen LogP contribution in [0.4, 0.5) is 4.39 Å². The number of benzene rings is 1. The van der Waals surface area contributed by atoms with Crippen LogP contribution in [0.5, 0.6) is 0 Å². The van der Waals surface area contributed by atoms with Gasteiger partial charge in [-0.1, -0.05) is 19.9 Å². The van der Waals surface area contributed by atoms with Crippen LogP contribution in [0.1, 0.15) is 25.8 Å². The lowest BCUT2D eigenvalue weighted by molar-refractivity contribution is 0.0393. The van der Waals surface area contributed by atoms with Crippen molar-refractivity contribution in [3.8, 4) is 0 Å². The van der Waals surface area contributed by atoms with Crippen molar-refractivity contribution in [2.24, 2.45) is 13.0 Å². The van der Waals surface area contributed by atoms with E-state index in [1.807, 2.05) is 6.08 Å². The number of fused-ring (bicyclic) bond motifs is 1. The number of hydrogen-bond donors (Lipinski definition) is 1. The van der Waals surface area contributed by atoms with Gasteiger partial charge in [0.1, 0.15) is 5.82 Å². The van der Waals surface area contributed by atoms with Crippen LogP contribution in [0.2, 0.25) is 0 Å². The Morgan fingerprint density at radius 2 is 2.19 bits per heavy atom. The van der Waals surface area contributed by atoms with E-state index in [2.05, 4.69) is 18.9 Å². The molecule has 0 saturated carbocycles. The number of aryl methyl sites for hydroxylation is 1. The Balaban J connectivity index is 2.02. The van der Waals surface area contributed by atoms with Crippen molar-refractivity contribution in [2.75, 3.05) is 6.61 Å². The molecule has 1 aliphatic rings. The summed E-state index contributed by atoms with van der Waals surface area (Å²) in [5.41, 5.74) is 1.78. The van der Waals surface area contributed by atoms with E-state index in [9.17, 15) is 9.18 Å². The van der Waals surface area contributed by atoms with E-state index in [1.165, 1.54) is 10.7 Å². The fourth-order valence-corrected chi connectivity index (χ4v) is 2.74. The molecule has 2 heterocycles. The largest absolute Gasteiger partial charge is 0.373 e. The van der Waals surface area contributed by atoms with Gasteiger partial charge >= 0.3 is 0 Å². The lowest BCUT2D eigenvalue weighted by Gasteiger charge is -2.26. The first-order chi connectivity index (χ1) is 9.97. The van der Waals surface area contributed by atoms with Gasteiger partial charge in [-0.15, -0.1) is 0 Å². The molecule has 112 valence electrons. The molecule has 5 heteroatoms. The highest BCUT2D eigenvalue weighted by Gasteiger charge is 2.21. The minimum Gasteiger partial charge on any atom is -0.373 e. The number of aromatic amines is 1. The van der Waals surface area contributed by atoms with Gasteiger partial charge in [0.25, 0.3) is 5.56 Å². The summed E-state index contributed by atoms with van der Waals surface area (Å²) in [6.45, 7) is 4.64. The van der Waals surface area contributed by atoms with E-state index in [0.29, 0.717) is 29.0 Å². The number of H-pyrrole nitrogens is 1. The molecule has 0 saturated heterocycles. The number of halogens is 1. The lowest BCUT2D eigenvalue weighted by Crippen LogP contribution is -2.23. The molecule has 0 radical (unpaired) electrons. The third kappa shape index (κ3) is 2.42. The highest BCUT2D eigenvalue weighted by molar-refractivity contribution is 5.83. The van der Waals surface area contributed by atoms with Gasteiger partial charge in [0.05, 0.1) is 23.6 Å². The van der Waals surface area contributed by atoms with Crippen LogP contribution in [0.25, 0.3) is 16.5 Å². The molecule has 21 heavy (non-hydrogen) atoms. The van der Waals surface area contributed by atoms with Gasteiger partial charge < -0.3 is 4.74 Å². The summed E-state index contributed by atoms with van der Waals surface area (Å²) in [5, 5.41) is 3.30. The Kier molecular flexibility index (Phi) is 3.45. The fraction of sp³-hybridized carbons (Fsp3) is 0.438. The summed E-state index contributed by atoms with van der Waals surface area (Å²) in [6, 6.07) is 3.00. The molecule has 0 amide bonds. The van der Waals surface area contributed by atoms with Crippen LogP contribution in [0, 0.1) is 11.7 Å². The maximum absolute atomic E-state index is 14.3. The van der Waals surface area contributed by atoms with Gasteiger partial charge in [-0.3, -0.25) is 14.6 Å². The number of nitrogens with zero attached hydrogens (tertiary/aromatic N) is 1. The Morgan fingerprint density at radius 3 is 2.81 bits per heavy atom. The molecule has 1 aromatic carbocycles. The smallest absolute Gasteiger partial charge is 0.274 e. The average molecular weight is 290 g/mol. The van der Waals surface area contributed by atoms with Crippen molar-refractivity contribution in [2.45, 2.75) is 26.4 Å². The van der Waals surface area contributed by atoms with Gasteiger partial charge in [0, 0.05) is 12.6 Å². The summed E-state index contributed by atoms with van der Waals surface area (Å²) >= 11 is 0. The number of rotatable bonds is 2. The summed E-state index contributed by atoms with van der Waals surface area (Å²) in [6.07, 6.45) is 3.02. The van der Waals surface area contributed by atoms with Gasteiger partial charge in [-0.25, -0.2) is 4.39 Å². The summed E-state index contributed by atoms with van der Waals surface area (Å²) in [7, 11) is 1.62. The molecule has 0 aliphatic carbocycles. The Morgan fingerprint density at radius 1 is 1.43 bits per heavy atom. The fourth-order valence-electron chi connectivity index (χ4n) is 2.74. The first-order valence-corrected chi connectivity index (χ1v) is 7.16. The first-order valence-electron chi connectivity index (χ1n) is 7.16. The van der Waals surface area contributed by atoms with Crippen molar-refractivity contribution < 1.29 is 9.13 Å². The van der Waals surface area contributed by atoms with Gasteiger partial charge in [0.15, 0.2) is 0 Å². The highest BCUT2D eigenvalue weighted by Crippen LogP contribution is 2.28. The van der Waals surface area contributed by atoms with Crippen molar-refractivity contribution in [3.05, 3.63) is 39.9 Å². The van der Waals surface area contributed by atoms with Crippen LogP contribution < -0.4 is 5.56 Å². The van der Waals surface area contributed by atoms with Crippen molar-refractivity contribution in [1.82, 2.24) is 9.78 Å². The number of aromatic nitrogens is 2. The standard InChI is InChI=1S/C16H19FN2O2/c1-9(2)15-5-4-10(8-21-15)11-7-14-12(6-13(11)17)16(20)19(3)18-14/h4,6-7,9,15,18H,5,8H2,1-3H3. The molecule has 1 aliphatic heterocycles. The minimum atomic E-state index is -0.378. The zero-order valence-electron chi connectivity index (χ0n) is 12.4. The summed E-state index contributed by atoms with van der Waals surface area (Å²) in [5.74, 6) is 0.0673. The predicted molar refractivity (Wildman–Crippen MR) is 80.7 cm³/mol. The second-order valence-corrected chi connectivity index (χ2v) is 5.91. The number of hydrogen-bond acceptors (Lipinski definition) is 2. The number of nitrogens with one attached hydrogen (secondary N) is 1. The van der Waals surface area contributed by atoms with Crippen molar-refractivity contribution in [1.29, 1.82) is 0 Å². The molecule has 0 bridgehead atoms. The van der Waals surface area contributed by atoms with E-state index in [0.717, 1.165) is 12.0 Å². The van der Waals surface area contributed by atoms with Crippen molar-refractivity contribution >= 4 is 16.5 Å². The van der Waals surface area contributed by atoms with Crippen LogP contribution >= 0.6 is 0 Å². The molecule has 2 aromatic rings. The van der Waals surface area contributed by atoms with Crippen LogP contribution in [0.15, 0.2) is 23.0 Å².